The largest absolute Gasteiger partial charge is 0.506 e. The molecule has 1 unspecified atom stereocenters. The monoisotopic (exact) mass is 412 g/mol. The second-order valence-electron chi connectivity index (χ2n) is 5.66. The van der Waals surface area contributed by atoms with Gasteiger partial charge in [-0.15, -0.1) is 0 Å². The van der Waals surface area contributed by atoms with Crippen LogP contribution in [0.4, 0.5) is 15.8 Å². The smallest absolute Gasteiger partial charge is 0.153 e. The molecule has 1 aliphatic heterocycles. The maximum Gasteiger partial charge on any atom is 0.153 e. The van der Waals surface area contributed by atoms with Crippen LogP contribution in [0.5, 0.6) is 5.75 Å². The number of hydrogen-bond acceptors (Lipinski definition) is 3. The number of aromatic hydroxyl groups is 1. The SMILES string of the molecule is O=S(Nc1c(O)cccc1N1CCCCC1)c1ccc(Br)cc1F. The maximum absolute atomic E-state index is 14.0. The topological polar surface area (TPSA) is 52.6 Å². The van der Waals surface area contributed by atoms with Crippen molar-refractivity contribution < 1.29 is 13.7 Å². The van der Waals surface area contributed by atoms with Crippen LogP contribution in [0.25, 0.3) is 0 Å². The Balaban J connectivity index is 1.90. The summed E-state index contributed by atoms with van der Waals surface area (Å²) in [6, 6.07) is 9.53. The lowest BCUT2D eigenvalue weighted by atomic mass is 10.1. The van der Waals surface area contributed by atoms with Crippen LogP contribution in [-0.4, -0.2) is 22.4 Å². The van der Waals surface area contributed by atoms with Crippen LogP contribution in [0.15, 0.2) is 45.8 Å². The minimum Gasteiger partial charge on any atom is -0.506 e. The lowest BCUT2D eigenvalue weighted by Crippen LogP contribution is -2.30. The molecule has 1 heterocycles. The summed E-state index contributed by atoms with van der Waals surface area (Å²) in [6.45, 7) is 1.77. The zero-order valence-electron chi connectivity index (χ0n) is 13.0. The molecule has 1 saturated heterocycles. The molecule has 24 heavy (non-hydrogen) atoms. The number of para-hydroxylation sites is 1. The van der Waals surface area contributed by atoms with Crippen LogP contribution < -0.4 is 9.62 Å². The van der Waals surface area contributed by atoms with Crippen molar-refractivity contribution in [2.45, 2.75) is 24.2 Å². The van der Waals surface area contributed by atoms with Crippen molar-refractivity contribution in [1.29, 1.82) is 0 Å². The zero-order chi connectivity index (χ0) is 17.1. The van der Waals surface area contributed by atoms with Gasteiger partial charge >= 0.3 is 0 Å². The Labute approximate surface area is 151 Å². The van der Waals surface area contributed by atoms with Crippen LogP contribution >= 0.6 is 15.9 Å². The third-order valence-corrected chi connectivity index (χ3v) is 5.62. The Morgan fingerprint density at radius 3 is 2.62 bits per heavy atom. The number of nitrogens with one attached hydrogen (secondary N) is 1. The highest BCUT2D eigenvalue weighted by Crippen LogP contribution is 2.36. The summed E-state index contributed by atoms with van der Waals surface area (Å²) in [5.74, 6) is -0.561. The van der Waals surface area contributed by atoms with E-state index in [-0.39, 0.29) is 10.6 Å². The van der Waals surface area contributed by atoms with Gasteiger partial charge in [0.25, 0.3) is 0 Å². The second kappa shape index (κ2) is 7.53. The van der Waals surface area contributed by atoms with Crippen LogP contribution in [0.1, 0.15) is 19.3 Å². The number of rotatable bonds is 4. The third-order valence-electron chi connectivity index (χ3n) is 4.01. The molecule has 2 N–H and O–H groups in total. The van der Waals surface area contributed by atoms with Crippen molar-refractivity contribution in [3.63, 3.8) is 0 Å². The van der Waals surface area contributed by atoms with Gasteiger partial charge in [0.2, 0.25) is 0 Å². The standard InChI is InChI=1S/C17H18BrFN2O2S/c18-12-7-8-16(13(19)11-12)24(23)20-17-14(5-4-6-15(17)22)21-9-2-1-3-10-21/h4-8,11,20,22H,1-3,9-10H2. The number of hydrogen-bond donors (Lipinski definition) is 2. The normalized spacial score (nSPS) is 16.0. The average molecular weight is 413 g/mol. The Hall–Kier alpha value is -1.60. The summed E-state index contributed by atoms with van der Waals surface area (Å²) in [6.07, 6.45) is 3.35. The van der Waals surface area contributed by atoms with Crippen molar-refractivity contribution in [3.05, 3.63) is 46.7 Å². The number of piperidine rings is 1. The zero-order valence-corrected chi connectivity index (χ0v) is 15.4. The van der Waals surface area contributed by atoms with Crippen molar-refractivity contribution in [1.82, 2.24) is 0 Å². The first-order valence-corrected chi connectivity index (χ1v) is 9.71. The maximum atomic E-state index is 14.0. The fourth-order valence-electron chi connectivity index (χ4n) is 2.80. The number of benzene rings is 2. The van der Waals surface area contributed by atoms with Crippen LogP contribution in [0.3, 0.4) is 0 Å². The highest BCUT2D eigenvalue weighted by molar-refractivity contribution is 9.10. The van der Waals surface area contributed by atoms with Gasteiger partial charge in [-0.3, -0.25) is 4.72 Å². The van der Waals surface area contributed by atoms with Gasteiger partial charge < -0.3 is 10.0 Å². The Morgan fingerprint density at radius 2 is 1.92 bits per heavy atom. The molecule has 2 aromatic rings. The molecule has 0 saturated carbocycles. The van der Waals surface area contributed by atoms with E-state index in [2.05, 4.69) is 25.6 Å². The first kappa shape index (κ1) is 17.2. The lowest BCUT2D eigenvalue weighted by Gasteiger charge is -2.30. The van der Waals surface area contributed by atoms with E-state index in [0.29, 0.717) is 10.2 Å². The van der Waals surface area contributed by atoms with Crippen molar-refractivity contribution >= 4 is 38.3 Å². The molecular formula is C17H18BrFN2O2S. The Bertz CT molecular complexity index is 766. The lowest BCUT2D eigenvalue weighted by molar-refractivity contribution is 0.477. The molecule has 0 spiro atoms. The van der Waals surface area contributed by atoms with Crippen LogP contribution in [-0.2, 0) is 11.0 Å². The average Bonchev–Trinajstić information content (AvgIpc) is 2.57. The Morgan fingerprint density at radius 1 is 1.17 bits per heavy atom. The molecule has 1 aliphatic rings. The molecular weight excluding hydrogens is 395 g/mol. The number of anilines is 2. The highest BCUT2D eigenvalue weighted by atomic mass is 79.9. The van der Waals surface area contributed by atoms with E-state index in [1.807, 2.05) is 6.07 Å². The molecule has 0 radical (unpaired) electrons. The number of phenolic OH excluding ortho intramolecular Hbond substituents is 1. The highest BCUT2D eigenvalue weighted by Gasteiger charge is 2.19. The van der Waals surface area contributed by atoms with E-state index >= 15 is 0 Å². The van der Waals surface area contributed by atoms with Gasteiger partial charge in [-0.1, -0.05) is 22.0 Å². The summed E-state index contributed by atoms with van der Waals surface area (Å²) in [5.41, 5.74) is 1.17. The van der Waals surface area contributed by atoms with E-state index in [1.165, 1.54) is 24.6 Å². The predicted octanol–water partition coefficient (Wildman–Crippen LogP) is 4.42. The fourth-order valence-corrected chi connectivity index (χ4v) is 4.07. The number of halogens is 2. The fraction of sp³-hybridized carbons (Fsp3) is 0.294. The number of phenols is 1. The molecule has 3 rings (SSSR count). The van der Waals surface area contributed by atoms with Crippen LogP contribution in [0.2, 0.25) is 0 Å². The van der Waals surface area contributed by atoms with Gasteiger partial charge in [-0.2, -0.15) is 0 Å². The Kier molecular flexibility index (Phi) is 5.40. The quantitative estimate of drug-likeness (QED) is 0.730. The third kappa shape index (κ3) is 3.72. The molecule has 0 amide bonds. The first-order chi connectivity index (χ1) is 11.6. The van der Waals surface area contributed by atoms with E-state index in [1.54, 1.807) is 12.1 Å². The van der Waals surface area contributed by atoms with Gasteiger partial charge in [0.05, 0.1) is 10.6 Å². The van der Waals surface area contributed by atoms with Crippen molar-refractivity contribution in [2.75, 3.05) is 22.7 Å². The van der Waals surface area contributed by atoms with E-state index in [9.17, 15) is 13.7 Å². The summed E-state index contributed by atoms with van der Waals surface area (Å²) >= 11 is 3.18. The summed E-state index contributed by atoms with van der Waals surface area (Å²) in [5, 5.41) is 10.2. The van der Waals surface area contributed by atoms with Crippen molar-refractivity contribution in [3.8, 4) is 5.75 Å². The molecule has 2 aromatic carbocycles. The molecule has 128 valence electrons. The van der Waals surface area contributed by atoms with E-state index in [4.69, 9.17) is 0 Å². The molecule has 7 heteroatoms. The van der Waals surface area contributed by atoms with Gasteiger partial charge in [0.1, 0.15) is 17.3 Å². The molecule has 0 bridgehead atoms. The van der Waals surface area contributed by atoms with Crippen molar-refractivity contribution in [2.24, 2.45) is 0 Å². The molecule has 4 nitrogen and oxygen atoms in total. The summed E-state index contributed by atoms with van der Waals surface area (Å²) in [4.78, 5) is 2.20. The van der Waals surface area contributed by atoms with E-state index in [0.717, 1.165) is 31.6 Å². The van der Waals surface area contributed by atoms with Gasteiger partial charge in [-0.05, 0) is 49.6 Å². The molecule has 1 atom stereocenters. The van der Waals surface area contributed by atoms with E-state index < -0.39 is 16.8 Å². The van der Waals surface area contributed by atoms with Gasteiger partial charge in [0.15, 0.2) is 11.0 Å². The molecule has 1 fully saturated rings. The molecule has 0 aliphatic carbocycles. The first-order valence-electron chi connectivity index (χ1n) is 7.76. The predicted molar refractivity (Wildman–Crippen MR) is 98.3 cm³/mol. The van der Waals surface area contributed by atoms with Gasteiger partial charge in [0, 0.05) is 17.6 Å². The van der Waals surface area contributed by atoms with Crippen LogP contribution in [0, 0.1) is 5.82 Å². The second-order valence-corrected chi connectivity index (χ2v) is 7.76. The van der Waals surface area contributed by atoms with Gasteiger partial charge in [-0.25, -0.2) is 8.60 Å². The molecule has 0 aromatic heterocycles. The number of nitrogens with zero attached hydrogens (tertiary/aromatic N) is 1. The summed E-state index contributed by atoms with van der Waals surface area (Å²) < 4.78 is 29.9. The minimum atomic E-state index is -1.81. The minimum absolute atomic E-state index is 0.00365. The summed E-state index contributed by atoms with van der Waals surface area (Å²) in [7, 11) is -1.81.